The minimum Gasteiger partial charge on any atom is -0.302 e. The number of rotatable bonds is 6. The van der Waals surface area contributed by atoms with Gasteiger partial charge in [-0.15, -0.1) is 11.6 Å². The van der Waals surface area contributed by atoms with Gasteiger partial charge in [-0.05, 0) is 18.8 Å². The number of nitrogens with one attached hydrogen (secondary N) is 1. The molecular formula is C7H12ClNOS. The van der Waals surface area contributed by atoms with E-state index in [4.69, 9.17) is 11.6 Å². The third kappa shape index (κ3) is 3.45. The number of alkyl halides is 1. The second-order valence-corrected chi connectivity index (χ2v) is 3.97. The second kappa shape index (κ2) is 5.01. The van der Waals surface area contributed by atoms with Crippen molar-refractivity contribution in [3.63, 3.8) is 0 Å². The summed E-state index contributed by atoms with van der Waals surface area (Å²) < 4.78 is 3.10. The molecule has 1 N–H and O–H groups in total. The van der Waals surface area contributed by atoms with E-state index in [0.717, 1.165) is 12.0 Å². The van der Waals surface area contributed by atoms with Crippen molar-refractivity contribution in [1.29, 1.82) is 0 Å². The summed E-state index contributed by atoms with van der Waals surface area (Å²) in [6, 6.07) is 0.0585. The van der Waals surface area contributed by atoms with Crippen LogP contribution < -0.4 is 4.72 Å². The van der Waals surface area contributed by atoms with Crippen LogP contribution >= 0.6 is 23.5 Å². The molecular weight excluding hydrogens is 182 g/mol. The van der Waals surface area contributed by atoms with Gasteiger partial charge in [0.05, 0.1) is 6.04 Å². The van der Waals surface area contributed by atoms with Crippen LogP contribution in [0.1, 0.15) is 12.8 Å². The molecule has 0 aromatic carbocycles. The van der Waals surface area contributed by atoms with Crippen LogP contribution in [-0.2, 0) is 4.79 Å². The Hall–Kier alpha value is 0.270. The molecule has 0 radical (unpaired) electrons. The van der Waals surface area contributed by atoms with Gasteiger partial charge < -0.3 is 4.79 Å². The van der Waals surface area contributed by atoms with Crippen LogP contribution in [0.15, 0.2) is 0 Å². The molecule has 0 aliphatic heterocycles. The summed E-state index contributed by atoms with van der Waals surface area (Å²) in [5.41, 5.74) is 0. The molecule has 0 saturated heterocycles. The van der Waals surface area contributed by atoms with Crippen LogP contribution in [0.5, 0.6) is 0 Å². The van der Waals surface area contributed by atoms with Crippen molar-refractivity contribution in [1.82, 2.24) is 4.72 Å². The Labute approximate surface area is 76.2 Å². The minimum atomic E-state index is 0.0585. The van der Waals surface area contributed by atoms with Crippen LogP contribution in [0, 0.1) is 5.92 Å². The van der Waals surface area contributed by atoms with Gasteiger partial charge in [-0.2, -0.15) is 0 Å². The van der Waals surface area contributed by atoms with Gasteiger partial charge in [-0.3, -0.25) is 4.72 Å². The molecule has 2 nitrogen and oxygen atoms in total. The monoisotopic (exact) mass is 193 g/mol. The van der Waals surface area contributed by atoms with Crippen LogP contribution in [0.3, 0.4) is 0 Å². The maximum atomic E-state index is 10.5. The Kier molecular flexibility index (Phi) is 4.26. The molecule has 1 saturated carbocycles. The van der Waals surface area contributed by atoms with E-state index in [1.165, 1.54) is 12.8 Å². The molecule has 4 heteroatoms. The quantitative estimate of drug-likeness (QED) is 0.300. The number of carbonyl (C=O) groups is 1. The van der Waals surface area contributed by atoms with E-state index in [1.54, 1.807) is 11.9 Å². The van der Waals surface area contributed by atoms with E-state index in [2.05, 4.69) is 4.72 Å². The molecule has 1 fully saturated rings. The van der Waals surface area contributed by atoms with Crippen molar-refractivity contribution in [3.05, 3.63) is 0 Å². The van der Waals surface area contributed by atoms with Crippen LogP contribution in [0.25, 0.3) is 0 Å². The maximum Gasteiger partial charge on any atom is 0.138 e. The fraction of sp³-hybridized carbons (Fsp3) is 0.857. The molecule has 0 bridgehead atoms. The molecule has 0 spiro atoms. The molecule has 1 rings (SSSR count). The third-order valence-corrected chi connectivity index (χ3v) is 2.94. The highest BCUT2D eigenvalue weighted by atomic mass is 35.5. The van der Waals surface area contributed by atoms with Crippen LogP contribution in [-0.4, -0.2) is 24.0 Å². The first kappa shape index (κ1) is 9.36. The van der Waals surface area contributed by atoms with Gasteiger partial charge in [0.25, 0.3) is 0 Å². The van der Waals surface area contributed by atoms with E-state index in [-0.39, 0.29) is 6.04 Å². The number of carbonyl (C=O) groups excluding carboxylic acids is 1. The molecule has 1 unspecified atom stereocenters. The summed E-state index contributed by atoms with van der Waals surface area (Å²) in [7, 11) is 0. The molecule has 0 heterocycles. The lowest BCUT2D eigenvalue weighted by Crippen LogP contribution is -2.27. The molecule has 0 amide bonds. The summed E-state index contributed by atoms with van der Waals surface area (Å²) in [4.78, 5) is 10.5. The summed E-state index contributed by atoms with van der Waals surface area (Å²) in [6.07, 6.45) is 3.38. The zero-order chi connectivity index (χ0) is 8.10. The highest BCUT2D eigenvalue weighted by Gasteiger charge is 2.30. The molecule has 0 aromatic heterocycles. The number of halogens is 1. The largest absolute Gasteiger partial charge is 0.302 e. The maximum absolute atomic E-state index is 10.5. The second-order valence-electron chi connectivity index (χ2n) is 2.65. The lowest BCUT2D eigenvalue weighted by atomic mass is 10.2. The Bertz CT molecular complexity index is 130. The number of aldehydes is 1. The van der Waals surface area contributed by atoms with Crippen molar-refractivity contribution in [2.45, 2.75) is 18.9 Å². The molecule has 64 valence electrons. The van der Waals surface area contributed by atoms with Crippen molar-refractivity contribution < 1.29 is 4.79 Å². The summed E-state index contributed by atoms with van der Waals surface area (Å²) >= 11 is 7.02. The van der Waals surface area contributed by atoms with Crippen LogP contribution in [0.2, 0.25) is 0 Å². The zero-order valence-corrected chi connectivity index (χ0v) is 7.83. The van der Waals surface area contributed by atoms with E-state index < -0.39 is 0 Å². The average Bonchev–Trinajstić information content (AvgIpc) is 2.81. The van der Waals surface area contributed by atoms with E-state index in [9.17, 15) is 4.79 Å². The van der Waals surface area contributed by atoms with E-state index in [1.807, 2.05) is 0 Å². The predicted octanol–water partition coefficient (Wildman–Crippen LogP) is 1.44. The van der Waals surface area contributed by atoms with Gasteiger partial charge in [-0.1, -0.05) is 11.9 Å². The molecule has 1 atom stereocenters. The Morgan fingerprint density at radius 2 is 2.45 bits per heavy atom. The van der Waals surface area contributed by atoms with Gasteiger partial charge in [0, 0.05) is 11.6 Å². The summed E-state index contributed by atoms with van der Waals surface area (Å²) in [5.74, 6) is 2.09. The van der Waals surface area contributed by atoms with Gasteiger partial charge in [-0.25, -0.2) is 0 Å². The Balaban J connectivity index is 2.05. The van der Waals surface area contributed by atoms with Gasteiger partial charge >= 0.3 is 0 Å². The molecule has 0 aromatic rings. The first-order chi connectivity index (χ1) is 5.38. The van der Waals surface area contributed by atoms with Gasteiger partial charge in [0.1, 0.15) is 6.29 Å². The first-order valence-electron chi connectivity index (χ1n) is 3.77. The van der Waals surface area contributed by atoms with E-state index in [0.29, 0.717) is 11.8 Å². The lowest BCUT2D eigenvalue weighted by molar-refractivity contribution is -0.109. The molecule has 11 heavy (non-hydrogen) atoms. The fourth-order valence-electron chi connectivity index (χ4n) is 0.884. The SMILES string of the molecule is O=CC(NSCCCl)C1CC1. The highest BCUT2D eigenvalue weighted by molar-refractivity contribution is 7.97. The van der Waals surface area contributed by atoms with Crippen LogP contribution in [0.4, 0.5) is 0 Å². The van der Waals surface area contributed by atoms with Crippen molar-refractivity contribution in [2.75, 3.05) is 11.6 Å². The van der Waals surface area contributed by atoms with Crippen molar-refractivity contribution >= 4 is 29.8 Å². The number of hydrogen-bond donors (Lipinski definition) is 1. The van der Waals surface area contributed by atoms with Gasteiger partial charge in [0.2, 0.25) is 0 Å². The standard InChI is InChI=1S/C7H12ClNOS/c8-3-4-11-9-7(5-10)6-1-2-6/h5-7,9H,1-4H2. The summed E-state index contributed by atoms with van der Waals surface area (Å²) in [6.45, 7) is 0. The number of hydrogen-bond acceptors (Lipinski definition) is 3. The first-order valence-corrected chi connectivity index (χ1v) is 5.29. The third-order valence-electron chi connectivity index (χ3n) is 1.68. The smallest absolute Gasteiger partial charge is 0.138 e. The zero-order valence-electron chi connectivity index (χ0n) is 6.25. The predicted molar refractivity (Wildman–Crippen MR) is 48.9 cm³/mol. The average molecular weight is 194 g/mol. The Morgan fingerprint density at radius 3 is 2.91 bits per heavy atom. The minimum absolute atomic E-state index is 0.0585. The normalized spacial score (nSPS) is 19.7. The fourth-order valence-corrected chi connectivity index (χ4v) is 1.75. The Morgan fingerprint density at radius 1 is 1.73 bits per heavy atom. The van der Waals surface area contributed by atoms with E-state index >= 15 is 0 Å². The van der Waals surface area contributed by atoms with Gasteiger partial charge in [0.15, 0.2) is 0 Å². The molecule has 1 aliphatic carbocycles. The summed E-state index contributed by atoms with van der Waals surface area (Å²) in [5, 5.41) is 0. The molecule has 1 aliphatic rings. The van der Waals surface area contributed by atoms with Crippen molar-refractivity contribution in [3.8, 4) is 0 Å². The lowest BCUT2D eigenvalue weighted by Gasteiger charge is -2.08. The highest BCUT2D eigenvalue weighted by Crippen LogP contribution is 2.32. The topological polar surface area (TPSA) is 29.1 Å². The van der Waals surface area contributed by atoms with Crippen molar-refractivity contribution in [2.24, 2.45) is 5.92 Å².